The minimum atomic E-state index is -0.749. The number of anilines is 1. The molecule has 0 saturated carbocycles. The molecule has 0 saturated heterocycles. The molecule has 0 atom stereocenters. The van der Waals surface area contributed by atoms with E-state index in [1.807, 2.05) is 0 Å². The van der Waals surface area contributed by atoms with E-state index in [4.69, 9.17) is 22.1 Å². The fraction of sp³-hybridized carbons (Fsp3) is 0. The third-order valence-corrected chi connectivity index (χ3v) is 3.03. The average molecular weight is 370 g/mol. The Kier molecular flexibility index (Phi) is 5.48. The van der Waals surface area contributed by atoms with Gasteiger partial charge in [0.05, 0.1) is 16.9 Å². The Labute approximate surface area is 146 Å². The monoisotopic (exact) mass is 369 g/mol. The molecule has 0 aliphatic heterocycles. The van der Waals surface area contributed by atoms with E-state index in [2.05, 4.69) is 21.1 Å². The highest BCUT2D eigenvalue weighted by atomic mass is 35.5. The Morgan fingerprint density at radius 1 is 1.08 bits per heavy atom. The number of pyridine rings is 1. The van der Waals surface area contributed by atoms with Gasteiger partial charge in [0, 0.05) is 17.8 Å². The summed E-state index contributed by atoms with van der Waals surface area (Å²) in [5.41, 5.74) is 5.83. The number of aromatic nitrogens is 3. The Hall–Kier alpha value is -2.51. The zero-order valence-corrected chi connectivity index (χ0v) is 13.4. The van der Waals surface area contributed by atoms with Crippen molar-refractivity contribution in [2.45, 2.75) is 0 Å². The van der Waals surface area contributed by atoms with Crippen molar-refractivity contribution in [1.82, 2.24) is 15.0 Å². The highest BCUT2D eigenvalue weighted by molar-refractivity contribution is 6.30. The number of nitrogens with zero attached hydrogens (tertiary/aromatic N) is 3. The SMILES string of the molecule is Cl.Nc1[c]nc(-c2ccc(Oc3ncc(Cl)cc3F)cc2F)cn1. The number of nitrogens with two attached hydrogens (primary N) is 1. The minimum Gasteiger partial charge on any atom is -0.436 e. The third-order valence-electron chi connectivity index (χ3n) is 2.82. The molecule has 2 aromatic heterocycles. The highest BCUT2D eigenvalue weighted by Gasteiger charge is 2.12. The van der Waals surface area contributed by atoms with Crippen LogP contribution >= 0.6 is 24.0 Å². The van der Waals surface area contributed by atoms with Crippen molar-refractivity contribution in [3.05, 3.63) is 59.5 Å². The van der Waals surface area contributed by atoms with Crippen molar-refractivity contribution in [3.8, 4) is 22.9 Å². The van der Waals surface area contributed by atoms with Gasteiger partial charge in [-0.25, -0.2) is 23.7 Å². The van der Waals surface area contributed by atoms with E-state index in [0.717, 1.165) is 12.1 Å². The van der Waals surface area contributed by atoms with E-state index < -0.39 is 11.6 Å². The van der Waals surface area contributed by atoms with E-state index in [-0.39, 0.29) is 46.1 Å². The van der Waals surface area contributed by atoms with Crippen molar-refractivity contribution in [2.75, 3.05) is 5.73 Å². The van der Waals surface area contributed by atoms with Gasteiger partial charge >= 0.3 is 0 Å². The van der Waals surface area contributed by atoms with Crippen molar-refractivity contribution >= 4 is 29.8 Å². The van der Waals surface area contributed by atoms with Crippen molar-refractivity contribution < 1.29 is 13.5 Å². The molecule has 1 radical (unpaired) electrons. The van der Waals surface area contributed by atoms with Crippen LogP contribution < -0.4 is 10.5 Å². The number of benzene rings is 1. The number of hydrogen-bond donors (Lipinski definition) is 1. The maximum atomic E-state index is 14.2. The summed E-state index contributed by atoms with van der Waals surface area (Å²) in [5, 5.41) is 0.134. The van der Waals surface area contributed by atoms with Crippen LogP contribution in [0.3, 0.4) is 0 Å². The fourth-order valence-electron chi connectivity index (χ4n) is 1.79. The summed E-state index contributed by atoms with van der Waals surface area (Å²) in [7, 11) is 0. The first kappa shape index (κ1) is 17.8. The smallest absolute Gasteiger partial charge is 0.255 e. The van der Waals surface area contributed by atoms with Gasteiger partial charge in [-0.05, 0) is 18.2 Å². The molecule has 0 unspecified atom stereocenters. The molecule has 0 spiro atoms. The molecule has 0 bridgehead atoms. The normalized spacial score (nSPS) is 10.1. The lowest BCUT2D eigenvalue weighted by molar-refractivity contribution is 0.420. The highest BCUT2D eigenvalue weighted by Crippen LogP contribution is 2.28. The summed E-state index contributed by atoms with van der Waals surface area (Å²) in [6.45, 7) is 0. The Morgan fingerprint density at radius 2 is 1.88 bits per heavy atom. The van der Waals surface area contributed by atoms with Crippen LogP contribution in [0.15, 0.2) is 36.7 Å². The van der Waals surface area contributed by atoms with Crippen molar-refractivity contribution in [2.24, 2.45) is 0 Å². The summed E-state index contributed by atoms with van der Waals surface area (Å²) in [6.07, 6.45) is 4.99. The van der Waals surface area contributed by atoms with Crippen LogP contribution in [-0.4, -0.2) is 15.0 Å². The summed E-state index contributed by atoms with van der Waals surface area (Å²) in [5.74, 6) is -1.49. The quantitative estimate of drug-likeness (QED) is 0.753. The van der Waals surface area contributed by atoms with E-state index in [0.29, 0.717) is 0 Å². The molecule has 24 heavy (non-hydrogen) atoms. The molecule has 0 amide bonds. The number of hydrogen-bond acceptors (Lipinski definition) is 5. The second-order valence-corrected chi connectivity index (χ2v) is 4.87. The number of halogens is 4. The molecule has 123 valence electrons. The van der Waals surface area contributed by atoms with Gasteiger partial charge in [0.15, 0.2) is 11.6 Å². The van der Waals surface area contributed by atoms with Crippen LogP contribution in [0.1, 0.15) is 0 Å². The molecule has 0 fully saturated rings. The van der Waals surface area contributed by atoms with Gasteiger partial charge < -0.3 is 10.5 Å². The van der Waals surface area contributed by atoms with Crippen LogP contribution in [0.2, 0.25) is 5.02 Å². The standard InChI is InChI=1S/C15H8ClF2N4O.ClH/c16-8-3-12(18)15(22-5-8)23-9-1-2-10(11(17)4-9)13-6-21-14(19)7-20-13;/h1-6H,(H2,19,21);1H. The van der Waals surface area contributed by atoms with E-state index >= 15 is 0 Å². The van der Waals surface area contributed by atoms with Crippen LogP contribution in [0.5, 0.6) is 11.6 Å². The predicted molar refractivity (Wildman–Crippen MR) is 87.2 cm³/mol. The van der Waals surface area contributed by atoms with Gasteiger partial charge in [0.25, 0.3) is 5.88 Å². The molecule has 3 aromatic rings. The second kappa shape index (κ2) is 7.37. The van der Waals surface area contributed by atoms with Crippen molar-refractivity contribution in [1.29, 1.82) is 0 Å². The molecule has 2 N–H and O–H groups in total. The Balaban J connectivity index is 0.00000208. The van der Waals surface area contributed by atoms with E-state index in [9.17, 15) is 8.78 Å². The lowest BCUT2D eigenvalue weighted by atomic mass is 10.1. The fourth-order valence-corrected chi connectivity index (χ4v) is 1.94. The van der Waals surface area contributed by atoms with Gasteiger partial charge in [0.2, 0.25) is 0 Å². The Bertz CT molecular complexity index is 863. The van der Waals surface area contributed by atoms with Gasteiger partial charge in [-0.3, -0.25) is 0 Å². The first-order valence-corrected chi connectivity index (χ1v) is 6.70. The zero-order chi connectivity index (χ0) is 16.4. The maximum Gasteiger partial charge on any atom is 0.255 e. The predicted octanol–water partition coefficient (Wildman–Crippen LogP) is 4.07. The molecular weight excluding hydrogens is 361 g/mol. The lowest BCUT2D eigenvalue weighted by Gasteiger charge is -2.08. The number of ether oxygens (including phenoxy) is 1. The largest absolute Gasteiger partial charge is 0.436 e. The molecule has 5 nitrogen and oxygen atoms in total. The topological polar surface area (TPSA) is 73.9 Å². The first-order chi connectivity index (χ1) is 11.0. The summed E-state index contributed by atoms with van der Waals surface area (Å²) in [6, 6.07) is 5.01. The van der Waals surface area contributed by atoms with Crippen LogP contribution in [-0.2, 0) is 0 Å². The van der Waals surface area contributed by atoms with Gasteiger partial charge in [-0.15, -0.1) is 12.4 Å². The van der Waals surface area contributed by atoms with Crippen LogP contribution in [0.4, 0.5) is 14.6 Å². The summed E-state index contributed by atoms with van der Waals surface area (Å²) in [4.78, 5) is 11.4. The van der Waals surface area contributed by atoms with Crippen LogP contribution in [0, 0.1) is 17.8 Å². The zero-order valence-electron chi connectivity index (χ0n) is 11.8. The number of rotatable bonds is 3. The number of nitrogen functional groups attached to an aromatic ring is 1. The molecular formula is C15H9Cl2F2N4O. The summed E-state index contributed by atoms with van der Waals surface area (Å²) >= 11 is 5.60. The third kappa shape index (κ3) is 3.87. The minimum absolute atomic E-state index is 0. The van der Waals surface area contributed by atoms with Crippen molar-refractivity contribution in [3.63, 3.8) is 0 Å². The van der Waals surface area contributed by atoms with E-state index in [1.54, 1.807) is 0 Å². The molecule has 9 heteroatoms. The Morgan fingerprint density at radius 3 is 2.50 bits per heavy atom. The second-order valence-electron chi connectivity index (χ2n) is 4.44. The van der Waals surface area contributed by atoms with Gasteiger partial charge in [-0.2, -0.15) is 0 Å². The summed E-state index contributed by atoms with van der Waals surface area (Å²) < 4.78 is 33.0. The molecule has 0 aliphatic carbocycles. The van der Waals surface area contributed by atoms with Gasteiger partial charge in [0.1, 0.15) is 17.8 Å². The molecule has 2 heterocycles. The van der Waals surface area contributed by atoms with Gasteiger partial charge in [-0.1, -0.05) is 11.6 Å². The lowest BCUT2D eigenvalue weighted by Crippen LogP contribution is -1.96. The molecule has 3 rings (SSSR count). The van der Waals surface area contributed by atoms with E-state index in [1.165, 1.54) is 24.5 Å². The van der Waals surface area contributed by atoms with Crippen LogP contribution in [0.25, 0.3) is 11.3 Å². The molecule has 0 aliphatic rings. The maximum absolute atomic E-state index is 14.2. The molecule has 1 aromatic carbocycles. The average Bonchev–Trinajstić information content (AvgIpc) is 2.51. The first-order valence-electron chi connectivity index (χ1n) is 6.32.